The van der Waals surface area contributed by atoms with Crippen LogP contribution in [0, 0.1) is 5.82 Å². The Hall–Kier alpha value is -2.22. The van der Waals surface area contributed by atoms with Crippen molar-refractivity contribution < 1.29 is 17.6 Å². The van der Waals surface area contributed by atoms with E-state index in [1.54, 1.807) is 24.3 Å². The molecule has 0 bridgehead atoms. The zero-order chi connectivity index (χ0) is 18.6. The van der Waals surface area contributed by atoms with E-state index in [2.05, 4.69) is 0 Å². The lowest BCUT2D eigenvalue weighted by Gasteiger charge is -2.24. The Balaban J connectivity index is 2.36. The van der Waals surface area contributed by atoms with E-state index >= 15 is 0 Å². The van der Waals surface area contributed by atoms with Crippen LogP contribution < -0.4 is 5.73 Å². The maximum Gasteiger partial charge on any atom is 0.240 e. The number of carbonyl (C=O) groups excluding carboxylic acids is 1. The van der Waals surface area contributed by atoms with Crippen LogP contribution in [0.5, 0.6) is 0 Å². The molecule has 5 nitrogen and oxygen atoms in total. The topological polar surface area (TPSA) is 80.5 Å². The van der Waals surface area contributed by atoms with Crippen molar-refractivity contribution in [3.8, 4) is 0 Å². The molecule has 8 heteroatoms. The van der Waals surface area contributed by atoms with Crippen LogP contribution in [-0.2, 0) is 14.8 Å². The van der Waals surface area contributed by atoms with Crippen LogP contribution in [0.2, 0.25) is 5.02 Å². The van der Waals surface area contributed by atoms with Gasteiger partial charge in [-0.1, -0.05) is 41.9 Å². The summed E-state index contributed by atoms with van der Waals surface area (Å²) in [5, 5.41) is 1.30. The summed E-state index contributed by atoms with van der Waals surface area (Å²) in [6.07, 6.45) is 1.32. The number of amides is 1. The number of primary amides is 1. The van der Waals surface area contributed by atoms with Gasteiger partial charge in [-0.05, 0) is 35.4 Å². The fourth-order valence-electron chi connectivity index (χ4n) is 2.24. The molecule has 2 aromatic rings. The summed E-state index contributed by atoms with van der Waals surface area (Å²) in [5.74, 6) is -1.51. The second-order valence-corrected chi connectivity index (χ2v) is 7.53. The second kappa shape index (κ2) is 7.77. The number of hydrogen-bond donors (Lipinski definition) is 1. The average molecular weight is 383 g/mol. The molecular formula is C17H16ClFN2O3S. The minimum absolute atomic E-state index is 0.143. The first kappa shape index (κ1) is 19.1. The van der Waals surface area contributed by atoms with Gasteiger partial charge in [0.1, 0.15) is 11.9 Å². The van der Waals surface area contributed by atoms with Crippen molar-refractivity contribution in [2.45, 2.75) is 6.04 Å². The Morgan fingerprint density at radius 2 is 1.92 bits per heavy atom. The van der Waals surface area contributed by atoms with E-state index in [1.807, 2.05) is 0 Å². The van der Waals surface area contributed by atoms with Gasteiger partial charge in [0, 0.05) is 17.5 Å². The molecule has 2 N–H and O–H groups in total. The van der Waals surface area contributed by atoms with E-state index < -0.39 is 27.8 Å². The molecule has 132 valence electrons. The Bertz CT molecular complexity index is 916. The number of carbonyl (C=O) groups is 1. The predicted molar refractivity (Wildman–Crippen MR) is 95.5 cm³/mol. The summed E-state index contributed by atoms with van der Waals surface area (Å²) < 4.78 is 39.2. The van der Waals surface area contributed by atoms with Gasteiger partial charge in [-0.3, -0.25) is 4.79 Å². The lowest BCUT2D eigenvalue weighted by atomic mass is 10.1. The Morgan fingerprint density at radius 3 is 2.52 bits per heavy atom. The summed E-state index contributed by atoms with van der Waals surface area (Å²) in [6, 6.07) is 10.4. The van der Waals surface area contributed by atoms with Gasteiger partial charge < -0.3 is 5.73 Å². The third-order valence-electron chi connectivity index (χ3n) is 3.52. The minimum atomic E-state index is -4.01. The summed E-state index contributed by atoms with van der Waals surface area (Å²) in [7, 11) is -2.81. The van der Waals surface area contributed by atoms with E-state index in [4.69, 9.17) is 17.3 Å². The fourth-order valence-corrected chi connectivity index (χ4v) is 3.47. The van der Waals surface area contributed by atoms with Crippen molar-refractivity contribution in [2.24, 2.45) is 5.73 Å². The van der Waals surface area contributed by atoms with Crippen molar-refractivity contribution in [1.29, 1.82) is 0 Å². The highest BCUT2D eigenvalue weighted by molar-refractivity contribution is 7.92. The van der Waals surface area contributed by atoms with Gasteiger partial charge in [0.2, 0.25) is 15.9 Å². The zero-order valence-electron chi connectivity index (χ0n) is 13.3. The van der Waals surface area contributed by atoms with Crippen LogP contribution >= 0.6 is 11.6 Å². The molecule has 0 radical (unpaired) electrons. The van der Waals surface area contributed by atoms with Gasteiger partial charge in [0.05, 0.1) is 0 Å². The summed E-state index contributed by atoms with van der Waals surface area (Å²) in [4.78, 5) is 11.8. The molecule has 1 unspecified atom stereocenters. The Morgan fingerprint density at radius 1 is 1.24 bits per heavy atom. The van der Waals surface area contributed by atoms with Crippen LogP contribution in [0.25, 0.3) is 6.08 Å². The molecule has 2 rings (SSSR count). The highest BCUT2D eigenvalue weighted by Gasteiger charge is 2.30. The largest absolute Gasteiger partial charge is 0.368 e. The molecule has 0 aromatic heterocycles. The molecule has 0 fully saturated rings. The number of nitrogens with zero attached hydrogens (tertiary/aromatic N) is 1. The Labute approximate surface area is 150 Å². The fraction of sp³-hybridized carbons (Fsp3) is 0.118. The molecule has 0 spiro atoms. The lowest BCUT2D eigenvalue weighted by molar-refractivity contribution is -0.121. The Kier molecular flexibility index (Phi) is 5.94. The smallest absolute Gasteiger partial charge is 0.240 e. The quantitative estimate of drug-likeness (QED) is 0.834. The standard InChI is InChI=1S/C17H16ClFN2O3S/c1-21(16(17(20)22)13-6-4-7-14(19)11-13)25(23,24)10-9-12-5-2-3-8-15(12)18/h2-11,16H,1H3,(H2,20,22)/b10-9+. The average Bonchev–Trinajstić information content (AvgIpc) is 2.54. The molecule has 0 heterocycles. The van der Waals surface area contributed by atoms with Crippen molar-refractivity contribution >= 4 is 33.6 Å². The SMILES string of the molecule is CN(C(C(N)=O)c1cccc(F)c1)S(=O)(=O)/C=C/c1ccccc1Cl. The molecule has 1 atom stereocenters. The molecule has 25 heavy (non-hydrogen) atoms. The van der Waals surface area contributed by atoms with Crippen molar-refractivity contribution in [3.63, 3.8) is 0 Å². The van der Waals surface area contributed by atoms with Crippen LogP contribution in [0.1, 0.15) is 17.2 Å². The highest BCUT2D eigenvalue weighted by Crippen LogP contribution is 2.24. The van der Waals surface area contributed by atoms with Crippen LogP contribution in [0.3, 0.4) is 0 Å². The number of benzene rings is 2. The highest BCUT2D eigenvalue weighted by atomic mass is 35.5. The number of hydrogen-bond acceptors (Lipinski definition) is 3. The van der Waals surface area contributed by atoms with E-state index in [0.29, 0.717) is 10.6 Å². The van der Waals surface area contributed by atoms with Crippen molar-refractivity contribution in [3.05, 3.63) is 75.9 Å². The van der Waals surface area contributed by atoms with Gasteiger partial charge in [-0.25, -0.2) is 12.8 Å². The van der Waals surface area contributed by atoms with Crippen molar-refractivity contribution in [2.75, 3.05) is 7.05 Å². The zero-order valence-corrected chi connectivity index (χ0v) is 14.8. The summed E-state index contributed by atoms with van der Waals surface area (Å²) in [5.41, 5.74) is 5.98. The monoisotopic (exact) mass is 382 g/mol. The molecule has 2 aromatic carbocycles. The molecule has 0 saturated carbocycles. The maximum absolute atomic E-state index is 13.4. The number of halogens is 2. The minimum Gasteiger partial charge on any atom is -0.368 e. The molecule has 0 aliphatic rings. The lowest BCUT2D eigenvalue weighted by Crippen LogP contribution is -2.38. The van der Waals surface area contributed by atoms with Gasteiger partial charge >= 0.3 is 0 Å². The van der Waals surface area contributed by atoms with Gasteiger partial charge in [0.15, 0.2) is 0 Å². The van der Waals surface area contributed by atoms with Gasteiger partial charge in [0.25, 0.3) is 0 Å². The number of nitrogens with two attached hydrogens (primary N) is 1. The van der Waals surface area contributed by atoms with E-state index in [1.165, 1.54) is 31.3 Å². The number of likely N-dealkylation sites (N-methyl/N-ethyl adjacent to an activating group) is 1. The first-order valence-corrected chi connectivity index (χ1v) is 9.06. The maximum atomic E-state index is 13.4. The van der Waals surface area contributed by atoms with Gasteiger partial charge in [-0.15, -0.1) is 0 Å². The molecular weight excluding hydrogens is 367 g/mol. The van der Waals surface area contributed by atoms with Crippen molar-refractivity contribution in [1.82, 2.24) is 4.31 Å². The molecule has 0 aliphatic carbocycles. The second-order valence-electron chi connectivity index (χ2n) is 5.25. The third-order valence-corrected chi connectivity index (χ3v) is 5.36. The molecule has 0 aliphatic heterocycles. The van der Waals surface area contributed by atoms with Crippen LogP contribution in [0.15, 0.2) is 53.9 Å². The molecule has 0 saturated heterocycles. The number of sulfonamides is 1. The van der Waals surface area contributed by atoms with Gasteiger partial charge in [-0.2, -0.15) is 4.31 Å². The van der Waals surface area contributed by atoms with E-state index in [-0.39, 0.29) is 5.56 Å². The predicted octanol–water partition coefficient (Wildman–Crippen LogP) is 2.94. The van der Waals surface area contributed by atoms with E-state index in [9.17, 15) is 17.6 Å². The third kappa shape index (κ3) is 4.66. The van der Waals surface area contributed by atoms with E-state index in [0.717, 1.165) is 15.8 Å². The number of rotatable bonds is 6. The normalized spacial score (nSPS) is 13.3. The summed E-state index contributed by atoms with van der Waals surface area (Å²) >= 11 is 5.98. The molecule has 1 amide bonds. The van der Waals surface area contributed by atoms with Crippen LogP contribution in [-0.4, -0.2) is 25.7 Å². The summed E-state index contributed by atoms with van der Waals surface area (Å²) in [6.45, 7) is 0. The first-order chi connectivity index (χ1) is 11.7. The first-order valence-electron chi connectivity index (χ1n) is 7.18. The van der Waals surface area contributed by atoms with Crippen LogP contribution in [0.4, 0.5) is 4.39 Å².